The average Bonchev–Trinajstić information content (AvgIpc) is 3.01. The van der Waals surface area contributed by atoms with Crippen molar-refractivity contribution in [2.24, 2.45) is 0 Å². The van der Waals surface area contributed by atoms with E-state index in [1.807, 2.05) is 6.20 Å². The number of anilines is 2. The van der Waals surface area contributed by atoms with Gasteiger partial charge in [0.25, 0.3) is 0 Å². The summed E-state index contributed by atoms with van der Waals surface area (Å²) in [6.45, 7) is 3.40. The van der Waals surface area contributed by atoms with Gasteiger partial charge in [-0.05, 0) is 63.4 Å². The maximum atomic E-state index is 5.39. The Morgan fingerprint density at radius 3 is 2.64 bits per heavy atom. The summed E-state index contributed by atoms with van der Waals surface area (Å²) in [5.41, 5.74) is 0.962. The molecule has 1 aromatic rings. The van der Waals surface area contributed by atoms with E-state index in [9.17, 15) is 0 Å². The Labute approximate surface area is 138 Å². The normalized spacial score (nSPS) is 22.6. The number of hydrogen-bond donors (Lipinski definition) is 2. The largest absolute Gasteiger partial charge is 0.360 e. The van der Waals surface area contributed by atoms with Crippen molar-refractivity contribution >= 4 is 28.8 Å². The standard InChI is InChI=1S/C17H26N4S/c1-13-6-4-5-11-21(13)16-10-9-15(12-18-16)20-17(22)19-14-7-2-3-8-14/h9-10,12-14H,2-8,11H2,1H3,(H2,19,20,22)/t13-/m0/s1. The van der Waals surface area contributed by atoms with E-state index in [1.54, 1.807) is 0 Å². The third kappa shape index (κ3) is 3.88. The van der Waals surface area contributed by atoms with E-state index in [-0.39, 0.29) is 0 Å². The van der Waals surface area contributed by atoms with Gasteiger partial charge < -0.3 is 15.5 Å². The molecule has 22 heavy (non-hydrogen) atoms. The summed E-state index contributed by atoms with van der Waals surface area (Å²) in [5.74, 6) is 1.08. The van der Waals surface area contributed by atoms with Gasteiger partial charge in [0.15, 0.2) is 5.11 Å². The van der Waals surface area contributed by atoms with Crippen LogP contribution < -0.4 is 15.5 Å². The van der Waals surface area contributed by atoms with Gasteiger partial charge in [0, 0.05) is 18.6 Å². The predicted molar refractivity (Wildman–Crippen MR) is 96.5 cm³/mol. The van der Waals surface area contributed by atoms with Crippen LogP contribution in [0.2, 0.25) is 0 Å². The van der Waals surface area contributed by atoms with Crippen LogP contribution in [0.4, 0.5) is 11.5 Å². The van der Waals surface area contributed by atoms with Gasteiger partial charge in [0.05, 0.1) is 11.9 Å². The highest BCUT2D eigenvalue weighted by atomic mass is 32.1. The van der Waals surface area contributed by atoms with E-state index in [4.69, 9.17) is 12.2 Å². The van der Waals surface area contributed by atoms with Gasteiger partial charge in [-0.1, -0.05) is 12.8 Å². The highest BCUT2D eigenvalue weighted by Crippen LogP contribution is 2.23. The number of piperidine rings is 1. The Kier molecular flexibility index (Phi) is 5.13. The topological polar surface area (TPSA) is 40.2 Å². The van der Waals surface area contributed by atoms with Gasteiger partial charge in [-0.2, -0.15) is 0 Å². The van der Waals surface area contributed by atoms with Crippen molar-refractivity contribution in [2.75, 3.05) is 16.8 Å². The summed E-state index contributed by atoms with van der Waals surface area (Å²) in [5, 5.41) is 7.36. The first kappa shape index (κ1) is 15.5. The van der Waals surface area contributed by atoms with Crippen LogP contribution in [0.15, 0.2) is 18.3 Å². The molecule has 2 aliphatic rings. The smallest absolute Gasteiger partial charge is 0.171 e. The second-order valence-corrected chi connectivity index (χ2v) is 6.93. The maximum Gasteiger partial charge on any atom is 0.171 e. The molecule has 0 amide bonds. The van der Waals surface area contributed by atoms with E-state index in [2.05, 4.69) is 39.6 Å². The summed E-state index contributed by atoms with van der Waals surface area (Å²) in [6.07, 6.45) is 10.8. The van der Waals surface area contributed by atoms with Crippen molar-refractivity contribution in [1.82, 2.24) is 10.3 Å². The minimum absolute atomic E-state index is 0.543. The molecule has 2 N–H and O–H groups in total. The molecule has 5 heteroatoms. The lowest BCUT2D eigenvalue weighted by Crippen LogP contribution is -2.38. The van der Waals surface area contributed by atoms with Crippen LogP contribution in [0.25, 0.3) is 0 Å². The van der Waals surface area contributed by atoms with Crippen LogP contribution in [-0.4, -0.2) is 28.7 Å². The van der Waals surface area contributed by atoms with Gasteiger partial charge in [-0.3, -0.25) is 0 Å². The summed E-state index contributed by atoms with van der Waals surface area (Å²) in [4.78, 5) is 7.02. The Morgan fingerprint density at radius 2 is 1.95 bits per heavy atom. The molecule has 1 aromatic heterocycles. The molecule has 0 bridgehead atoms. The van der Waals surface area contributed by atoms with E-state index in [0.29, 0.717) is 17.2 Å². The lowest BCUT2D eigenvalue weighted by molar-refractivity contribution is 0.481. The molecule has 4 nitrogen and oxygen atoms in total. The number of nitrogens with one attached hydrogen (secondary N) is 2. The fourth-order valence-corrected chi connectivity index (χ4v) is 3.78. The molecule has 1 aliphatic carbocycles. The molecular formula is C17H26N4S. The quantitative estimate of drug-likeness (QED) is 0.832. The zero-order valence-electron chi connectivity index (χ0n) is 13.3. The van der Waals surface area contributed by atoms with E-state index >= 15 is 0 Å². The van der Waals surface area contributed by atoms with E-state index < -0.39 is 0 Å². The maximum absolute atomic E-state index is 5.39. The minimum atomic E-state index is 0.543. The van der Waals surface area contributed by atoms with Crippen LogP contribution in [0.3, 0.4) is 0 Å². The minimum Gasteiger partial charge on any atom is -0.360 e. The molecule has 0 radical (unpaired) electrons. The molecule has 1 saturated carbocycles. The lowest BCUT2D eigenvalue weighted by atomic mass is 10.0. The highest BCUT2D eigenvalue weighted by molar-refractivity contribution is 7.80. The van der Waals surface area contributed by atoms with Gasteiger partial charge >= 0.3 is 0 Å². The second kappa shape index (κ2) is 7.27. The Balaban J connectivity index is 1.55. The third-order valence-corrected chi connectivity index (χ3v) is 5.01. The zero-order chi connectivity index (χ0) is 15.4. The Hall–Kier alpha value is -1.36. The summed E-state index contributed by atoms with van der Waals surface area (Å²) in [6, 6.07) is 5.31. The lowest BCUT2D eigenvalue weighted by Gasteiger charge is -2.34. The van der Waals surface area contributed by atoms with Crippen molar-refractivity contribution in [1.29, 1.82) is 0 Å². The molecule has 0 spiro atoms. The summed E-state index contributed by atoms with van der Waals surface area (Å²) in [7, 11) is 0. The summed E-state index contributed by atoms with van der Waals surface area (Å²) < 4.78 is 0. The number of nitrogens with zero attached hydrogens (tertiary/aromatic N) is 2. The van der Waals surface area contributed by atoms with E-state index in [1.165, 1.54) is 44.9 Å². The van der Waals surface area contributed by atoms with Gasteiger partial charge in [0.1, 0.15) is 5.82 Å². The van der Waals surface area contributed by atoms with Crippen molar-refractivity contribution in [2.45, 2.75) is 64.0 Å². The van der Waals surface area contributed by atoms with Crippen molar-refractivity contribution < 1.29 is 0 Å². The average molecular weight is 318 g/mol. The van der Waals surface area contributed by atoms with Crippen LogP contribution >= 0.6 is 12.2 Å². The fourth-order valence-electron chi connectivity index (χ4n) is 3.49. The van der Waals surface area contributed by atoms with Crippen LogP contribution in [0.1, 0.15) is 51.9 Å². The van der Waals surface area contributed by atoms with Crippen molar-refractivity contribution in [3.63, 3.8) is 0 Å². The molecule has 2 fully saturated rings. The Morgan fingerprint density at radius 1 is 1.18 bits per heavy atom. The fraction of sp³-hybridized carbons (Fsp3) is 0.647. The van der Waals surface area contributed by atoms with E-state index in [0.717, 1.165) is 18.1 Å². The summed E-state index contributed by atoms with van der Waals surface area (Å²) >= 11 is 5.39. The predicted octanol–water partition coefficient (Wildman–Crippen LogP) is 3.69. The van der Waals surface area contributed by atoms with Crippen molar-refractivity contribution in [3.05, 3.63) is 18.3 Å². The molecule has 120 valence electrons. The molecule has 0 aromatic carbocycles. The van der Waals surface area contributed by atoms with Crippen LogP contribution in [-0.2, 0) is 0 Å². The van der Waals surface area contributed by atoms with Crippen LogP contribution in [0.5, 0.6) is 0 Å². The molecule has 1 saturated heterocycles. The van der Waals surface area contributed by atoms with Gasteiger partial charge in [-0.15, -0.1) is 0 Å². The first-order chi connectivity index (χ1) is 10.7. The number of hydrogen-bond acceptors (Lipinski definition) is 3. The molecule has 1 atom stereocenters. The number of pyridine rings is 1. The van der Waals surface area contributed by atoms with Gasteiger partial charge in [0.2, 0.25) is 0 Å². The van der Waals surface area contributed by atoms with Gasteiger partial charge in [-0.25, -0.2) is 4.98 Å². The van der Waals surface area contributed by atoms with Crippen LogP contribution in [0, 0.1) is 0 Å². The third-order valence-electron chi connectivity index (χ3n) is 4.79. The molecule has 1 aliphatic heterocycles. The molecule has 0 unspecified atom stereocenters. The molecule has 2 heterocycles. The first-order valence-corrected chi connectivity index (χ1v) is 8.93. The molecule has 3 rings (SSSR count). The first-order valence-electron chi connectivity index (χ1n) is 8.52. The highest BCUT2D eigenvalue weighted by Gasteiger charge is 2.19. The second-order valence-electron chi connectivity index (χ2n) is 6.52. The molecular weight excluding hydrogens is 292 g/mol. The monoisotopic (exact) mass is 318 g/mol. The number of thiocarbonyl (C=S) groups is 1. The van der Waals surface area contributed by atoms with Crippen molar-refractivity contribution in [3.8, 4) is 0 Å². The number of aromatic nitrogens is 1. The number of rotatable bonds is 3. The zero-order valence-corrected chi connectivity index (χ0v) is 14.2. The Bertz CT molecular complexity index is 496. The SMILES string of the molecule is C[C@H]1CCCCN1c1ccc(NC(=S)NC2CCCC2)cn1.